The van der Waals surface area contributed by atoms with Gasteiger partial charge in [0.25, 0.3) is 10.0 Å². The van der Waals surface area contributed by atoms with E-state index in [1.165, 1.54) is 62.8 Å². The lowest BCUT2D eigenvalue weighted by Gasteiger charge is -2.24. The SMILES string of the molecule is COc1ccc(N(CC(=O)Nc2ccc(S(=O)(=O)Nc3ccc(Cl)cc3)cc2)S(C)(=O)=O)c(OC)c1. The number of benzene rings is 3. The Bertz CT molecular complexity index is 1440. The Morgan fingerprint density at radius 3 is 2.06 bits per heavy atom. The highest BCUT2D eigenvalue weighted by Gasteiger charge is 2.24. The first-order valence-corrected chi connectivity index (χ1v) is 14.0. The second-order valence-electron chi connectivity index (χ2n) is 7.49. The van der Waals surface area contributed by atoms with Gasteiger partial charge in [0, 0.05) is 22.5 Å². The summed E-state index contributed by atoms with van der Waals surface area (Å²) in [6.07, 6.45) is 0.970. The fourth-order valence-electron chi connectivity index (χ4n) is 3.15. The molecule has 0 aliphatic heterocycles. The van der Waals surface area contributed by atoms with Crippen LogP contribution in [0.2, 0.25) is 5.02 Å². The van der Waals surface area contributed by atoms with Gasteiger partial charge in [0.1, 0.15) is 18.0 Å². The van der Waals surface area contributed by atoms with E-state index in [1.54, 1.807) is 18.2 Å². The molecule has 0 saturated carbocycles. The summed E-state index contributed by atoms with van der Waals surface area (Å²) in [5.41, 5.74) is 0.776. The summed E-state index contributed by atoms with van der Waals surface area (Å²) in [5, 5.41) is 3.04. The van der Waals surface area contributed by atoms with Gasteiger partial charge in [-0.05, 0) is 60.7 Å². The Morgan fingerprint density at radius 2 is 1.50 bits per heavy atom. The number of amides is 1. The topological polar surface area (TPSA) is 131 Å². The fraction of sp³-hybridized carbons (Fsp3) is 0.174. The van der Waals surface area contributed by atoms with Crippen LogP contribution in [0.4, 0.5) is 17.1 Å². The van der Waals surface area contributed by atoms with Crippen molar-refractivity contribution in [3.05, 3.63) is 71.8 Å². The number of methoxy groups -OCH3 is 2. The summed E-state index contributed by atoms with van der Waals surface area (Å²) in [4.78, 5) is 12.7. The molecule has 1 amide bonds. The third-order valence-electron chi connectivity index (χ3n) is 4.89. The Hall–Kier alpha value is -3.48. The maximum Gasteiger partial charge on any atom is 0.261 e. The number of nitrogens with zero attached hydrogens (tertiary/aromatic N) is 1. The van der Waals surface area contributed by atoms with Crippen LogP contribution in [0.25, 0.3) is 0 Å². The van der Waals surface area contributed by atoms with E-state index < -0.39 is 32.5 Å². The van der Waals surface area contributed by atoms with Gasteiger partial charge in [0.05, 0.1) is 31.1 Å². The third-order valence-corrected chi connectivity index (χ3v) is 7.66. The van der Waals surface area contributed by atoms with Crippen molar-refractivity contribution >= 4 is 54.6 Å². The number of nitrogens with one attached hydrogen (secondary N) is 2. The van der Waals surface area contributed by atoms with Gasteiger partial charge in [-0.25, -0.2) is 16.8 Å². The minimum Gasteiger partial charge on any atom is -0.497 e. The van der Waals surface area contributed by atoms with Gasteiger partial charge in [-0.1, -0.05) is 11.6 Å². The second kappa shape index (κ2) is 11.1. The Balaban J connectivity index is 1.74. The van der Waals surface area contributed by atoms with Gasteiger partial charge in [0.15, 0.2) is 0 Å². The predicted molar refractivity (Wildman–Crippen MR) is 139 cm³/mol. The number of halogens is 1. The Morgan fingerprint density at radius 1 is 0.889 bits per heavy atom. The average Bonchev–Trinajstić information content (AvgIpc) is 2.83. The van der Waals surface area contributed by atoms with Gasteiger partial charge in [-0.2, -0.15) is 0 Å². The molecule has 192 valence electrons. The van der Waals surface area contributed by atoms with Crippen molar-refractivity contribution in [2.45, 2.75) is 4.90 Å². The molecule has 0 radical (unpaired) electrons. The van der Waals surface area contributed by atoms with Crippen LogP contribution < -0.4 is 23.8 Å². The van der Waals surface area contributed by atoms with Gasteiger partial charge in [0.2, 0.25) is 15.9 Å². The van der Waals surface area contributed by atoms with Crippen molar-refractivity contribution in [2.75, 3.05) is 41.4 Å². The largest absolute Gasteiger partial charge is 0.497 e. The summed E-state index contributed by atoms with van der Waals surface area (Å²) < 4.78 is 63.8. The Labute approximate surface area is 214 Å². The highest BCUT2D eigenvalue weighted by atomic mass is 35.5. The number of anilines is 3. The molecule has 0 bridgehead atoms. The van der Waals surface area contributed by atoms with Crippen molar-refractivity contribution in [3.8, 4) is 11.5 Å². The summed E-state index contributed by atoms with van der Waals surface area (Å²) in [6.45, 7) is -0.542. The molecule has 0 aromatic heterocycles. The molecule has 36 heavy (non-hydrogen) atoms. The lowest BCUT2D eigenvalue weighted by Crippen LogP contribution is -2.37. The van der Waals surface area contributed by atoms with Crippen molar-refractivity contribution in [3.63, 3.8) is 0 Å². The highest BCUT2D eigenvalue weighted by molar-refractivity contribution is 7.92. The second-order valence-corrected chi connectivity index (χ2v) is 11.5. The monoisotopic (exact) mass is 553 g/mol. The number of carbonyl (C=O) groups excluding carboxylic acids is 1. The zero-order valence-corrected chi connectivity index (χ0v) is 21.9. The van der Waals surface area contributed by atoms with E-state index in [1.807, 2.05) is 0 Å². The molecule has 0 saturated heterocycles. The zero-order valence-electron chi connectivity index (χ0n) is 19.6. The molecule has 3 aromatic carbocycles. The van der Waals surface area contributed by atoms with Gasteiger partial charge >= 0.3 is 0 Å². The summed E-state index contributed by atoms with van der Waals surface area (Å²) >= 11 is 5.82. The van der Waals surface area contributed by atoms with Crippen molar-refractivity contribution in [2.24, 2.45) is 0 Å². The molecule has 0 heterocycles. The van der Waals surface area contributed by atoms with Gasteiger partial charge < -0.3 is 14.8 Å². The first-order chi connectivity index (χ1) is 16.9. The number of carbonyl (C=O) groups is 1. The molecule has 2 N–H and O–H groups in total. The van der Waals surface area contributed by atoms with Crippen molar-refractivity contribution in [1.29, 1.82) is 0 Å². The van der Waals surface area contributed by atoms with Crippen LogP contribution in [0, 0.1) is 0 Å². The average molecular weight is 554 g/mol. The highest BCUT2D eigenvalue weighted by Crippen LogP contribution is 2.33. The molecule has 0 atom stereocenters. The molecular weight excluding hydrogens is 530 g/mol. The molecule has 10 nitrogen and oxygen atoms in total. The molecule has 0 aliphatic rings. The maximum atomic E-state index is 12.7. The summed E-state index contributed by atoms with van der Waals surface area (Å²) in [5.74, 6) is 0.0117. The van der Waals surface area contributed by atoms with Gasteiger partial charge in [-0.15, -0.1) is 0 Å². The lowest BCUT2D eigenvalue weighted by atomic mass is 10.2. The van der Waals surface area contributed by atoms with Crippen LogP contribution in [0.15, 0.2) is 71.6 Å². The smallest absolute Gasteiger partial charge is 0.261 e. The number of hydrogen-bond acceptors (Lipinski definition) is 7. The van der Waals surface area contributed by atoms with Crippen molar-refractivity contribution in [1.82, 2.24) is 0 Å². The van der Waals surface area contributed by atoms with E-state index in [-0.39, 0.29) is 22.0 Å². The fourth-order valence-corrected chi connectivity index (χ4v) is 5.20. The number of hydrogen-bond donors (Lipinski definition) is 2. The van der Waals surface area contributed by atoms with E-state index in [2.05, 4.69) is 10.0 Å². The molecule has 3 aromatic rings. The minimum absolute atomic E-state index is 0.0313. The standard InChI is InChI=1S/C23H24ClN3O7S2/c1-33-19-10-13-21(22(14-19)34-2)27(35(3,29)30)15-23(28)25-17-8-11-20(12-9-17)36(31,32)26-18-6-4-16(24)5-7-18/h4-14,26H,15H2,1-3H3,(H,25,28). The molecule has 0 aliphatic carbocycles. The van der Waals surface area contributed by atoms with E-state index in [0.29, 0.717) is 16.5 Å². The molecular formula is C23H24ClN3O7S2. The van der Waals surface area contributed by atoms with Crippen LogP contribution in [-0.4, -0.2) is 49.8 Å². The van der Waals surface area contributed by atoms with Crippen LogP contribution in [-0.2, 0) is 24.8 Å². The van der Waals surface area contributed by atoms with E-state index in [0.717, 1.165) is 10.6 Å². The van der Waals surface area contributed by atoms with Crippen molar-refractivity contribution < 1.29 is 31.1 Å². The van der Waals surface area contributed by atoms with Gasteiger partial charge in [-0.3, -0.25) is 13.8 Å². The van der Waals surface area contributed by atoms with E-state index in [9.17, 15) is 21.6 Å². The number of sulfonamides is 2. The maximum absolute atomic E-state index is 12.7. The first-order valence-electron chi connectivity index (χ1n) is 10.3. The summed E-state index contributed by atoms with van der Waals surface area (Å²) in [7, 11) is -4.91. The predicted octanol–water partition coefficient (Wildman–Crippen LogP) is 3.56. The molecule has 3 rings (SSSR count). The quantitative estimate of drug-likeness (QED) is 0.392. The van der Waals surface area contributed by atoms with E-state index in [4.69, 9.17) is 21.1 Å². The lowest BCUT2D eigenvalue weighted by molar-refractivity contribution is -0.114. The normalized spacial score (nSPS) is 11.4. The third kappa shape index (κ3) is 6.80. The van der Waals surface area contributed by atoms with E-state index >= 15 is 0 Å². The Kier molecular flexibility index (Phi) is 8.33. The van der Waals surface area contributed by atoms with Crippen LogP contribution in [0.5, 0.6) is 11.5 Å². The number of ether oxygens (including phenoxy) is 2. The minimum atomic E-state index is -3.88. The molecule has 13 heteroatoms. The summed E-state index contributed by atoms with van der Waals surface area (Å²) in [6, 6.07) is 16.1. The van der Waals surface area contributed by atoms with Crippen LogP contribution in [0.3, 0.4) is 0 Å². The molecule has 0 fully saturated rings. The molecule has 0 spiro atoms. The zero-order chi connectivity index (χ0) is 26.5. The van der Waals surface area contributed by atoms with Crippen LogP contribution in [0.1, 0.15) is 0 Å². The number of rotatable bonds is 10. The first kappa shape index (κ1) is 27.1. The van der Waals surface area contributed by atoms with Crippen LogP contribution >= 0.6 is 11.6 Å². The molecule has 0 unspecified atom stereocenters.